The molecule has 0 aromatic heterocycles. The van der Waals surface area contributed by atoms with Crippen molar-refractivity contribution in [3.05, 3.63) is 0 Å². The Kier molecular flexibility index (Phi) is 5.46. The molecule has 0 aromatic rings. The third-order valence-corrected chi connectivity index (χ3v) is 4.94. The molecule has 2 aliphatic rings. The minimum Gasteiger partial charge on any atom is -0.329 e. The van der Waals surface area contributed by atoms with Crippen molar-refractivity contribution in [2.45, 2.75) is 69.9 Å². The van der Waals surface area contributed by atoms with E-state index < -0.39 is 0 Å². The lowest BCUT2D eigenvalue weighted by Gasteiger charge is -2.49. The van der Waals surface area contributed by atoms with Crippen molar-refractivity contribution in [2.75, 3.05) is 26.2 Å². The Morgan fingerprint density at radius 2 is 1.67 bits per heavy atom. The van der Waals surface area contributed by atoms with Gasteiger partial charge in [0.1, 0.15) is 0 Å². The first kappa shape index (κ1) is 14.3. The maximum absolute atomic E-state index is 5.73. The highest BCUT2D eigenvalue weighted by atomic mass is 15.2. The SMILES string of the molecule is CC(CN)NCC1(N2CCCCC2)CCCCC1. The molecule has 1 saturated carbocycles. The molecule has 106 valence electrons. The van der Waals surface area contributed by atoms with Gasteiger partial charge in [0, 0.05) is 24.7 Å². The number of nitrogens with two attached hydrogens (primary N) is 1. The van der Waals surface area contributed by atoms with Crippen molar-refractivity contribution < 1.29 is 0 Å². The van der Waals surface area contributed by atoms with Gasteiger partial charge in [0.15, 0.2) is 0 Å². The first-order valence-corrected chi connectivity index (χ1v) is 7.95. The van der Waals surface area contributed by atoms with E-state index in [1.54, 1.807) is 0 Å². The van der Waals surface area contributed by atoms with Crippen LogP contribution in [0, 0.1) is 0 Å². The molecule has 0 radical (unpaired) electrons. The Labute approximate surface area is 112 Å². The van der Waals surface area contributed by atoms with Gasteiger partial charge in [-0.25, -0.2) is 0 Å². The summed E-state index contributed by atoms with van der Waals surface area (Å²) < 4.78 is 0. The largest absolute Gasteiger partial charge is 0.329 e. The second kappa shape index (κ2) is 6.88. The first-order valence-electron chi connectivity index (χ1n) is 7.95. The number of rotatable bonds is 5. The molecule has 0 aromatic carbocycles. The van der Waals surface area contributed by atoms with Crippen molar-refractivity contribution >= 4 is 0 Å². The van der Waals surface area contributed by atoms with Crippen LogP contribution in [0.25, 0.3) is 0 Å². The second-order valence-corrected chi connectivity index (χ2v) is 6.35. The molecule has 0 bridgehead atoms. The summed E-state index contributed by atoms with van der Waals surface area (Å²) in [5, 5.41) is 3.67. The Morgan fingerprint density at radius 3 is 2.28 bits per heavy atom. The van der Waals surface area contributed by atoms with E-state index in [-0.39, 0.29) is 0 Å². The molecule has 1 aliphatic heterocycles. The molecular formula is C15H31N3. The number of likely N-dealkylation sites (tertiary alicyclic amines) is 1. The predicted molar refractivity (Wildman–Crippen MR) is 77.8 cm³/mol. The fraction of sp³-hybridized carbons (Fsp3) is 1.00. The Hall–Kier alpha value is -0.120. The second-order valence-electron chi connectivity index (χ2n) is 6.35. The van der Waals surface area contributed by atoms with Crippen LogP contribution in [0.5, 0.6) is 0 Å². The Balaban J connectivity index is 1.97. The molecule has 1 unspecified atom stereocenters. The summed E-state index contributed by atoms with van der Waals surface area (Å²) >= 11 is 0. The van der Waals surface area contributed by atoms with Crippen LogP contribution in [0.1, 0.15) is 58.3 Å². The summed E-state index contributed by atoms with van der Waals surface area (Å²) in [5.74, 6) is 0. The first-order chi connectivity index (χ1) is 8.77. The summed E-state index contributed by atoms with van der Waals surface area (Å²) in [5.41, 5.74) is 6.18. The fourth-order valence-electron chi connectivity index (χ4n) is 3.63. The number of hydrogen-bond acceptors (Lipinski definition) is 3. The average molecular weight is 253 g/mol. The van der Waals surface area contributed by atoms with E-state index in [1.165, 1.54) is 64.5 Å². The lowest BCUT2D eigenvalue weighted by Crippen LogP contribution is -2.58. The van der Waals surface area contributed by atoms with E-state index in [2.05, 4.69) is 17.1 Å². The van der Waals surface area contributed by atoms with Gasteiger partial charge in [-0.3, -0.25) is 4.90 Å². The Morgan fingerprint density at radius 1 is 1.06 bits per heavy atom. The van der Waals surface area contributed by atoms with Crippen LogP contribution < -0.4 is 11.1 Å². The van der Waals surface area contributed by atoms with Gasteiger partial charge in [0.25, 0.3) is 0 Å². The molecule has 0 amide bonds. The molecule has 1 atom stereocenters. The van der Waals surface area contributed by atoms with Crippen LogP contribution in [0.2, 0.25) is 0 Å². The molecule has 2 fully saturated rings. The molecule has 1 saturated heterocycles. The van der Waals surface area contributed by atoms with Crippen molar-refractivity contribution in [1.29, 1.82) is 0 Å². The highest BCUT2D eigenvalue weighted by molar-refractivity contribution is 4.96. The number of nitrogens with zero attached hydrogens (tertiary/aromatic N) is 1. The van der Waals surface area contributed by atoms with E-state index in [0.717, 1.165) is 13.1 Å². The predicted octanol–water partition coefficient (Wildman–Crippen LogP) is 2.11. The summed E-state index contributed by atoms with van der Waals surface area (Å²) in [7, 11) is 0. The third-order valence-electron chi connectivity index (χ3n) is 4.94. The molecule has 3 N–H and O–H groups in total. The number of hydrogen-bond donors (Lipinski definition) is 2. The van der Waals surface area contributed by atoms with Gasteiger partial charge in [-0.05, 0) is 45.7 Å². The standard InChI is InChI=1S/C15H31N3/c1-14(12-16)17-13-15(8-4-2-5-9-15)18-10-6-3-7-11-18/h14,17H,2-13,16H2,1H3. The van der Waals surface area contributed by atoms with Gasteiger partial charge in [-0.15, -0.1) is 0 Å². The van der Waals surface area contributed by atoms with Crippen LogP contribution in [0.3, 0.4) is 0 Å². The van der Waals surface area contributed by atoms with E-state index in [0.29, 0.717) is 11.6 Å². The summed E-state index contributed by atoms with van der Waals surface area (Å²) in [6.07, 6.45) is 11.3. The summed E-state index contributed by atoms with van der Waals surface area (Å²) in [4.78, 5) is 2.80. The minimum absolute atomic E-state index is 0.447. The summed E-state index contributed by atoms with van der Waals surface area (Å²) in [6, 6.07) is 0.452. The van der Waals surface area contributed by atoms with Crippen LogP contribution >= 0.6 is 0 Å². The molecule has 3 heteroatoms. The van der Waals surface area contributed by atoms with Gasteiger partial charge in [0.2, 0.25) is 0 Å². The van der Waals surface area contributed by atoms with Crippen molar-refractivity contribution in [2.24, 2.45) is 5.73 Å². The van der Waals surface area contributed by atoms with E-state index in [4.69, 9.17) is 5.73 Å². The molecule has 2 rings (SSSR count). The summed E-state index contributed by atoms with van der Waals surface area (Å²) in [6.45, 7) is 6.73. The van der Waals surface area contributed by atoms with E-state index >= 15 is 0 Å². The quantitative estimate of drug-likeness (QED) is 0.788. The number of piperidine rings is 1. The van der Waals surface area contributed by atoms with Crippen LogP contribution in [0.4, 0.5) is 0 Å². The molecule has 18 heavy (non-hydrogen) atoms. The van der Waals surface area contributed by atoms with Crippen molar-refractivity contribution in [1.82, 2.24) is 10.2 Å². The van der Waals surface area contributed by atoms with Gasteiger partial charge >= 0.3 is 0 Å². The van der Waals surface area contributed by atoms with Gasteiger partial charge in [0.05, 0.1) is 0 Å². The van der Waals surface area contributed by atoms with Crippen LogP contribution in [-0.4, -0.2) is 42.7 Å². The zero-order valence-electron chi connectivity index (χ0n) is 12.1. The van der Waals surface area contributed by atoms with Crippen molar-refractivity contribution in [3.8, 4) is 0 Å². The normalized spacial score (nSPS) is 27.0. The van der Waals surface area contributed by atoms with Gasteiger partial charge < -0.3 is 11.1 Å². The Bertz CT molecular complexity index is 230. The smallest absolute Gasteiger partial charge is 0.0334 e. The van der Waals surface area contributed by atoms with Gasteiger partial charge in [-0.2, -0.15) is 0 Å². The zero-order valence-corrected chi connectivity index (χ0v) is 12.1. The highest BCUT2D eigenvalue weighted by Gasteiger charge is 2.38. The maximum Gasteiger partial charge on any atom is 0.0334 e. The lowest BCUT2D eigenvalue weighted by molar-refractivity contribution is 0.0320. The molecule has 3 nitrogen and oxygen atoms in total. The van der Waals surface area contributed by atoms with Gasteiger partial charge in [-0.1, -0.05) is 25.7 Å². The highest BCUT2D eigenvalue weighted by Crippen LogP contribution is 2.35. The third kappa shape index (κ3) is 3.46. The monoisotopic (exact) mass is 253 g/mol. The molecule has 1 aliphatic carbocycles. The molecule has 1 heterocycles. The van der Waals surface area contributed by atoms with Crippen molar-refractivity contribution in [3.63, 3.8) is 0 Å². The zero-order chi connectivity index (χ0) is 12.8. The molecule has 0 spiro atoms. The number of nitrogens with one attached hydrogen (secondary N) is 1. The maximum atomic E-state index is 5.73. The lowest BCUT2D eigenvalue weighted by atomic mass is 9.79. The minimum atomic E-state index is 0.447. The molecular weight excluding hydrogens is 222 g/mol. The topological polar surface area (TPSA) is 41.3 Å². The fourth-order valence-corrected chi connectivity index (χ4v) is 3.63. The van der Waals surface area contributed by atoms with E-state index in [1.807, 2.05) is 0 Å². The van der Waals surface area contributed by atoms with Crippen LogP contribution in [0.15, 0.2) is 0 Å². The van der Waals surface area contributed by atoms with Crippen LogP contribution in [-0.2, 0) is 0 Å². The average Bonchev–Trinajstić information content (AvgIpc) is 2.46. The van der Waals surface area contributed by atoms with E-state index in [9.17, 15) is 0 Å².